The molecule has 0 spiro atoms. The van der Waals surface area contributed by atoms with Crippen molar-refractivity contribution in [2.75, 3.05) is 19.8 Å². The first-order valence-corrected chi connectivity index (χ1v) is 9.88. The van der Waals surface area contributed by atoms with Crippen LogP contribution in [0.3, 0.4) is 0 Å². The molecule has 5 nitrogen and oxygen atoms in total. The lowest BCUT2D eigenvalue weighted by Gasteiger charge is -2.18. The molecule has 2 heterocycles. The fourth-order valence-electron chi connectivity index (χ4n) is 3.58. The Balaban J connectivity index is 1.82. The van der Waals surface area contributed by atoms with Gasteiger partial charge in [-0.05, 0) is 61.6 Å². The van der Waals surface area contributed by atoms with Crippen LogP contribution in [0.25, 0.3) is 17.1 Å². The Morgan fingerprint density at radius 3 is 2.42 bits per heavy atom. The smallest absolute Gasteiger partial charge is 0.153 e. The van der Waals surface area contributed by atoms with Gasteiger partial charge in [-0.15, -0.1) is 0 Å². The fraction of sp³-hybridized carbons (Fsp3) is 0.167. The van der Waals surface area contributed by atoms with E-state index in [0.717, 1.165) is 16.7 Å². The Bertz CT molecular complexity index is 1180. The number of benzene rings is 2. The zero-order valence-corrected chi connectivity index (χ0v) is 17.4. The van der Waals surface area contributed by atoms with Crippen molar-refractivity contribution in [2.24, 2.45) is 0 Å². The summed E-state index contributed by atoms with van der Waals surface area (Å²) in [4.78, 5) is 6.71. The summed E-state index contributed by atoms with van der Waals surface area (Å²) < 4.78 is 30.2. The summed E-state index contributed by atoms with van der Waals surface area (Å²) in [5, 5.41) is 4.23. The van der Waals surface area contributed by atoms with Crippen LogP contribution in [-0.2, 0) is 13.0 Å². The van der Waals surface area contributed by atoms with E-state index in [1.54, 1.807) is 10.9 Å². The van der Waals surface area contributed by atoms with Crippen LogP contribution >= 0.6 is 0 Å². The van der Waals surface area contributed by atoms with Gasteiger partial charge in [-0.25, -0.2) is 18.4 Å². The van der Waals surface area contributed by atoms with Gasteiger partial charge in [-0.3, -0.25) is 0 Å². The summed E-state index contributed by atoms with van der Waals surface area (Å²) in [6, 6.07) is 15.1. The van der Waals surface area contributed by atoms with Gasteiger partial charge < -0.3 is 10.6 Å². The molecule has 0 aliphatic heterocycles. The van der Waals surface area contributed by atoms with E-state index in [1.165, 1.54) is 18.2 Å². The lowest BCUT2D eigenvalue weighted by Crippen LogP contribution is -2.13. The number of hydrogen-bond acceptors (Lipinski definition) is 4. The summed E-state index contributed by atoms with van der Waals surface area (Å²) in [7, 11) is 3.89. The van der Waals surface area contributed by atoms with E-state index >= 15 is 0 Å². The highest BCUT2D eigenvalue weighted by atomic mass is 19.1. The number of anilines is 1. The summed E-state index contributed by atoms with van der Waals surface area (Å²) in [5.74, 6) is -0.473. The van der Waals surface area contributed by atoms with Crippen molar-refractivity contribution in [2.45, 2.75) is 13.0 Å². The first-order chi connectivity index (χ1) is 14.9. The number of hydrogen-bond donors (Lipinski definition) is 1. The van der Waals surface area contributed by atoms with Gasteiger partial charge in [0, 0.05) is 42.2 Å². The molecule has 2 aromatic carbocycles. The maximum atomic E-state index is 14.3. The largest absolute Gasteiger partial charge is 0.398 e. The standard InChI is InChI=1S/C24H23F2N5/c1-30(2)15-17-12-16(13-18-20(25)6-3-7-21(18)26)14-19(24(17)27)22-8-4-9-23(29-22)31-11-5-10-28-31/h3-12,14H,13,15,27H2,1-2H3. The molecule has 0 bridgehead atoms. The molecule has 7 heteroatoms. The molecule has 2 aromatic heterocycles. The molecule has 0 fully saturated rings. The Hall–Kier alpha value is -3.58. The molecule has 0 saturated carbocycles. The van der Waals surface area contributed by atoms with Gasteiger partial charge in [0.15, 0.2) is 5.82 Å². The molecule has 0 unspecified atom stereocenters. The summed E-state index contributed by atoms with van der Waals surface area (Å²) in [5.41, 5.74) is 10.2. The minimum atomic E-state index is -0.564. The quantitative estimate of drug-likeness (QED) is 0.469. The molecule has 2 N–H and O–H groups in total. The van der Waals surface area contributed by atoms with Crippen LogP contribution in [0.1, 0.15) is 16.7 Å². The van der Waals surface area contributed by atoms with Gasteiger partial charge in [-0.1, -0.05) is 18.2 Å². The van der Waals surface area contributed by atoms with Crippen molar-refractivity contribution >= 4 is 5.69 Å². The van der Waals surface area contributed by atoms with Gasteiger partial charge in [0.05, 0.1) is 5.69 Å². The minimum absolute atomic E-state index is 0.0345. The number of nitrogens with two attached hydrogens (primary N) is 1. The monoisotopic (exact) mass is 419 g/mol. The number of nitrogen functional groups attached to an aromatic ring is 1. The Kier molecular flexibility index (Phi) is 5.77. The highest BCUT2D eigenvalue weighted by Gasteiger charge is 2.16. The molecule has 4 rings (SSSR count). The van der Waals surface area contributed by atoms with Gasteiger partial charge in [0.25, 0.3) is 0 Å². The Labute approximate surface area is 179 Å². The first-order valence-electron chi connectivity index (χ1n) is 9.88. The SMILES string of the molecule is CN(C)Cc1cc(Cc2c(F)cccc2F)cc(-c2cccc(-n3cccn3)n2)c1N. The lowest BCUT2D eigenvalue weighted by atomic mass is 9.95. The van der Waals surface area contributed by atoms with E-state index in [9.17, 15) is 8.78 Å². The van der Waals surface area contributed by atoms with Crippen molar-refractivity contribution in [3.63, 3.8) is 0 Å². The topological polar surface area (TPSA) is 60.0 Å². The van der Waals surface area contributed by atoms with Crippen LogP contribution in [0.15, 0.2) is 67.0 Å². The van der Waals surface area contributed by atoms with Crippen LogP contribution in [0.2, 0.25) is 0 Å². The minimum Gasteiger partial charge on any atom is -0.398 e. The molecule has 0 atom stereocenters. The van der Waals surface area contributed by atoms with Crippen molar-refractivity contribution in [3.8, 4) is 17.1 Å². The molecule has 0 amide bonds. The number of halogens is 2. The maximum Gasteiger partial charge on any atom is 0.153 e. The van der Waals surface area contributed by atoms with Gasteiger partial charge >= 0.3 is 0 Å². The first kappa shape index (κ1) is 20.7. The van der Waals surface area contributed by atoms with Crippen LogP contribution in [-0.4, -0.2) is 33.8 Å². The van der Waals surface area contributed by atoms with Crippen molar-refractivity contribution in [3.05, 3.63) is 95.3 Å². The molecular formula is C24H23F2N5. The van der Waals surface area contributed by atoms with E-state index in [0.29, 0.717) is 23.7 Å². The summed E-state index contributed by atoms with van der Waals surface area (Å²) >= 11 is 0. The average molecular weight is 419 g/mol. The molecule has 4 aromatic rings. The van der Waals surface area contributed by atoms with Crippen molar-refractivity contribution in [1.29, 1.82) is 0 Å². The third kappa shape index (κ3) is 4.46. The van der Waals surface area contributed by atoms with E-state index < -0.39 is 11.6 Å². The van der Waals surface area contributed by atoms with Crippen molar-refractivity contribution < 1.29 is 8.78 Å². The van der Waals surface area contributed by atoms with E-state index in [2.05, 4.69) is 5.10 Å². The van der Waals surface area contributed by atoms with Gasteiger partial charge in [0.2, 0.25) is 0 Å². The number of nitrogens with zero attached hydrogens (tertiary/aromatic N) is 4. The van der Waals surface area contributed by atoms with Gasteiger partial charge in [0.1, 0.15) is 11.6 Å². The van der Waals surface area contributed by atoms with Gasteiger partial charge in [-0.2, -0.15) is 5.10 Å². The Morgan fingerprint density at radius 1 is 1.00 bits per heavy atom. The van der Waals surface area contributed by atoms with E-state index in [-0.39, 0.29) is 12.0 Å². The normalized spacial score (nSPS) is 11.3. The molecule has 0 aliphatic carbocycles. The molecular weight excluding hydrogens is 396 g/mol. The van der Waals surface area contributed by atoms with E-state index in [1.807, 2.05) is 61.6 Å². The molecule has 0 radical (unpaired) electrons. The summed E-state index contributed by atoms with van der Waals surface area (Å²) in [6.45, 7) is 0.589. The molecule has 158 valence electrons. The predicted molar refractivity (Wildman–Crippen MR) is 118 cm³/mol. The zero-order chi connectivity index (χ0) is 22.0. The second kappa shape index (κ2) is 8.65. The summed E-state index contributed by atoms with van der Waals surface area (Å²) in [6.07, 6.45) is 3.61. The predicted octanol–water partition coefficient (Wildman–Crippen LogP) is 4.45. The lowest BCUT2D eigenvalue weighted by molar-refractivity contribution is 0.403. The number of pyridine rings is 1. The molecule has 31 heavy (non-hydrogen) atoms. The van der Waals surface area contributed by atoms with E-state index in [4.69, 9.17) is 10.7 Å². The Morgan fingerprint density at radius 2 is 1.74 bits per heavy atom. The average Bonchev–Trinajstić information content (AvgIpc) is 3.28. The highest BCUT2D eigenvalue weighted by molar-refractivity contribution is 5.77. The molecule has 0 aliphatic rings. The van der Waals surface area contributed by atoms with Crippen LogP contribution in [0, 0.1) is 11.6 Å². The second-order valence-electron chi connectivity index (χ2n) is 7.66. The van der Waals surface area contributed by atoms with Crippen molar-refractivity contribution in [1.82, 2.24) is 19.7 Å². The third-order valence-electron chi connectivity index (χ3n) is 5.00. The van der Waals surface area contributed by atoms with Crippen LogP contribution in [0.5, 0.6) is 0 Å². The van der Waals surface area contributed by atoms with Crippen LogP contribution in [0.4, 0.5) is 14.5 Å². The zero-order valence-electron chi connectivity index (χ0n) is 17.4. The third-order valence-corrected chi connectivity index (χ3v) is 5.00. The highest BCUT2D eigenvalue weighted by Crippen LogP contribution is 2.32. The number of aromatic nitrogens is 3. The second-order valence-corrected chi connectivity index (χ2v) is 7.66. The number of rotatable bonds is 6. The fourth-order valence-corrected chi connectivity index (χ4v) is 3.58. The molecule has 0 saturated heterocycles. The van der Waals surface area contributed by atoms with Crippen LogP contribution < -0.4 is 5.73 Å². The maximum absolute atomic E-state index is 14.3.